The number of hydrogen-bond acceptors (Lipinski definition) is 6. The molecule has 0 saturated heterocycles. The molecular formula is C17H18O6S. The van der Waals surface area contributed by atoms with Crippen molar-refractivity contribution < 1.29 is 26.8 Å². The van der Waals surface area contributed by atoms with Crippen LogP contribution in [0.15, 0.2) is 48.5 Å². The molecule has 6 nitrogen and oxygen atoms in total. The molecule has 0 fully saturated rings. The molecule has 0 aliphatic carbocycles. The van der Waals surface area contributed by atoms with Crippen LogP contribution >= 0.6 is 0 Å². The minimum atomic E-state index is -3.51. The standard InChI is InChI=1S/C17H18O6S/c1-24(18,19)22-12-15-11-21-16-8-7-14(9-17(16)23-15)20-10-13-5-3-2-4-6-13/h2-9,15H,10-12H2,1H3/t15-/m1/s1. The van der Waals surface area contributed by atoms with Crippen molar-refractivity contribution in [3.8, 4) is 17.2 Å². The van der Waals surface area contributed by atoms with Gasteiger partial charge in [-0.05, 0) is 17.7 Å². The molecule has 0 spiro atoms. The lowest BCUT2D eigenvalue weighted by Crippen LogP contribution is -2.34. The second kappa shape index (κ2) is 7.11. The molecule has 0 saturated carbocycles. The number of benzene rings is 2. The Bertz CT molecular complexity index is 788. The fourth-order valence-corrected chi connectivity index (χ4v) is 2.61. The van der Waals surface area contributed by atoms with Gasteiger partial charge in [-0.15, -0.1) is 0 Å². The van der Waals surface area contributed by atoms with Gasteiger partial charge in [0.2, 0.25) is 0 Å². The van der Waals surface area contributed by atoms with Crippen LogP contribution in [0.4, 0.5) is 0 Å². The van der Waals surface area contributed by atoms with Crippen LogP contribution in [0, 0.1) is 0 Å². The van der Waals surface area contributed by atoms with E-state index >= 15 is 0 Å². The molecule has 1 atom stereocenters. The zero-order chi connectivity index (χ0) is 17.0. The molecule has 2 aromatic carbocycles. The molecule has 2 aromatic rings. The van der Waals surface area contributed by atoms with Crippen LogP contribution in [0.1, 0.15) is 5.56 Å². The van der Waals surface area contributed by atoms with Gasteiger partial charge in [-0.1, -0.05) is 30.3 Å². The van der Waals surface area contributed by atoms with Gasteiger partial charge in [-0.3, -0.25) is 4.18 Å². The average molecular weight is 350 g/mol. The Hall–Kier alpha value is -2.25. The molecule has 0 radical (unpaired) electrons. The van der Waals surface area contributed by atoms with Crippen LogP contribution in [-0.4, -0.2) is 34.0 Å². The molecule has 3 rings (SSSR count). The van der Waals surface area contributed by atoms with E-state index in [0.717, 1.165) is 11.8 Å². The molecule has 0 unspecified atom stereocenters. The van der Waals surface area contributed by atoms with Crippen LogP contribution in [0.3, 0.4) is 0 Å². The van der Waals surface area contributed by atoms with Crippen molar-refractivity contribution in [2.75, 3.05) is 19.5 Å². The Morgan fingerprint density at radius 3 is 2.67 bits per heavy atom. The summed E-state index contributed by atoms with van der Waals surface area (Å²) >= 11 is 0. The minimum absolute atomic E-state index is 0.0899. The average Bonchev–Trinajstić information content (AvgIpc) is 2.58. The fraction of sp³-hybridized carbons (Fsp3) is 0.294. The monoisotopic (exact) mass is 350 g/mol. The minimum Gasteiger partial charge on any atom is -0.489 e. The van der Waals surface area contributed by atoms with E-state index < -0.39 is 16.2 Å². The fourth-order valence-electron chi connectivity index (χ4n) is 2.21. The lowest BCUT2D eigenvalue weighted by Gasteiger charge is -2.26. The van der Waals surface area contributed by atoms with Crippen LogP contribution in [0.25, 0.3) is 0 Å². The highest BCUT2D eigenvalue weighted by Crippen LogP contribution is 2.35. The summed E-state index contributed by atoms with van der Waals surface area (Å²) in [4.78, 5) is 0. The first kappa shape index (κ1) is 16.6. The Morgan fingerprint density at radius 2 is 1.92 bits per heavy atom. The first-order valence-corrected chi connectivity index (χ1v) is 9.26. The van der Waals surface area contributed by atoms with Gasteiger partial charge in [-0.2, -0.15) is 8.42 Å². The van der Waals surface area contributed by atoms with E-state index in [1.165, 1.54) is 0 Å². The molecule has 1 aliphatic heterocycles. The number of hydrogen-bond donors (Lipinski definition) is 0. The maximum atomic E-state index is 11.1. The van der Waals surface area contributed by atoms with E-state index in [4.69, 9.17) is 18.4 Å². The van der Waals surface area contributed by atoms with Gasteiger partial charge in [0.25, 0.3) is 10.1 Å². The summed E-state index contributed by atoms with van der Waals surface area (Å²) < 4.78 is 43.9. The van der Waals surface area contributed by atoms with Crippen LogP contribution < -0.4 is 14.2 Å². The van der Waals surface area contributed by atoms with Crippen molar-refractivity contribution in [3.63, 3.8) is 0 Å². The van der Waals surface area contributed by atoms with Crippen molar-refractivity contribution in [1.29, 1.82) is 0 Å². The van der Waals surface area contributed by atoms with Crippen molar-refractivity contribution >= 4 is 10.1 Å². The highest BCUT2D eigenvalue weighted by Gasteiger charge is 2.23. The third kappa shape index (κ3) is 4.62. The van der Waals surface area contributed by atoms with Gasteiger partial charge in [0, 0.05) is 6.07 Å². The van der Waals surface area contributed by atoms with Crippen molar-refractivity contribution in [2.45, 2.75) is 12.7 Å². The number of fused-ring (bicyclic) bond motifs is 1. The largest absolute Gasteiger partial charge is 0.489 e. The highest BCUT2D eigenvalue weighted by atomic mass is 32.2. The smallest absolute Gasteiger partial charge is 0.264 e. The van der Waals surface area contributed by atoms with Crippen molar-refractivity contribution in [2.24, 2.45) is 0 Å². The molecule has 1 aliphatic rings. The van der Waals surface area contributed by atoms with Crippen LogP contribution in [0.5, 0.6) is 17.2 Å². The summed E-state index contributed by atoms with van der Waals surface area (Å²) in [6.45, 7) is 0.585. The molecule has 24 heavy (non-hydrogen) atoms. The lowest BCUT2D eigenvalue weighted by molar-refractivity contribution is 0.0554. The molecule has 0 aromatic heterocycles. The van der Waals surface area contributed by atoms with E-state index in [9.17, 15) is 8.42 Å². The van der Waals surface area contributed by atoms with Gasteiger partial charge in [0.1, 0.15) is 25.6 Å². The molecule has 0 bridgehead atoms. The summed E-state index contributed by atoms with van der Waals surface area (Å²) in [5.74, 6) is 1.75. The van der Waals surface area contributed by atoms with Crippen LogP contribution in [-0.2, 0) is 20.9 Å². The summed E-state index contributed by atoms with van der Waals surface area (Å²) in [5.41, 5.74) is 1.06. The van der Waals surface area contributed by atoms with Gasteiger partial charge in [-0.25, -0.2) is 0 Å². The lowest BCUT2D eigenvalue weighted by atomic mass is 10.2. The summed E-state index contributed by atoms with van der Waals surface area (Å²) in [7, 11) is -3.51. The normalized spacial score (nSPS) is 16.6. The quantitative estimate of drug-likeness (QED) is 0.745. The van der Waals surface area contributed by atoms with Crippen molar-refractivity contribution in [1.82, 2.24) is 0 Å². The maximum Gasteiger partial charge on any atom is 0.264 e. The second-order valence-electron chi connectivity index (χ2n) is 5.42. The SMILES string of the molecule is CS(=O)(=O)OC[C@H]1COc2ccc(OCc3ccccc3)cc2O1. The van der Waals surface area contributed by atoms with E-state index in [1.54, 1.807) is 18.2 Å². The topological polar surface area (TPSA) is 71.1 Å². The first-order chi connectivity index (χ1) is 11.5. The third-order valence-corrected chi connectivity index (χ3v) is 3.91. The van der Waals surface area contributed by atoms with E-state index in [0.29, 0.717) is 23.9 Å². The number of ether oxygens (including phenoxy) is 3. The predicted molar refractivity (Wildman–Crippen MR) is 87.9 cm³/mol. The zero-order valence-electron chi connectivity index (χ0n) is 13.2. The number of rotatable bonds is 6. The third-order valence-electron chi connectivity index (χ3n) is 3.35. The van der Waals surface area contributed by atoms with Gasteiger partial charge < -0.3 is 14.2 Å². The maximum absolute atomic E-state index is 11.1. The molecule has 7 heteroatoms. The van der Waals surface area contributed by atoms with Gasteiger partial charge in [0.15, 0.2) is 17.6 Å². The van der Waals surface area contributed by atoms with E-state index in [-0.39, 0.29) is 13.2 Å². The predicted octanol–water partition coefficient (Wildman–Crippen LogP) is 2.38. The van der Waals surface area contributed by atoms with Gasteiger partial charge in [0.05, 0.1) is 6.26 Å². The summed E-state index contributed by atoms with van der Waals surface area (Å²) in [6, 6.07) is 15.1. The Labute approximate surface area is 141 Å². The first-order valence-electron chi connectivity index (χ1n) is 7.44. The summed E-state index contributed by atoms with van der Waals surface area (Å²) in [6.07, 6.45) is 0.511. The van der Waals surface area contributed by atoms with E-state index in [1.807, 2.05) is 30.3 Å². The van der Waals surface area contributed by atoms with Gasteiger partial charge >= 0.3 is 0 Å². The Kier molecular flexibility index (Phi) is 4.92. The van der Waals surface area contributed by atoms with Crippen molar-refractivity contribution in [3.05, 3.63) is 54.1 Å². The second-order valence-corrected chi connectivity index (χ2v) is 7.07. The summed E-state index contributed by atoms with van der Waals surface area (Å²) in [5, 5.41) is 0. The molecular weight excluding hydrogens is 332 g/mol. The Balaban J connectivity index is 1.62. The van der Waals surface area contributed by atoms with Crippen LogP contribution in [0.2, 0.25) is 0 Å². The molecule has 128 valence electrons. The van der Waals surface area contributed by atoms with E-state index in [2.05, 4.69) is 0 Å². The molecule has 1 heterocycles. The highest BCUT2D eigenvalue weighted by molar-refractivity contribution is 7.85. The molecule has 0 amide bonds. The molecule has 0 N–H and O–H groups in total. The Morgan fingerprint density at radius 1 is 1.12 bits per heavy atom. The zero-order valence-corrected chi connectivity index (χ0v) is 14.0.